The first-order valence-corrected chi connectivity index (χ1v) is 31.3. The number of allylic oxidation sites excluding steroid dienone is 22. The lowest BCUT2D eigenvalue weighted by Crippen LogP contribution is -2.26. The van der Waals surface area contributed by atoms with Crippen LogP contribution in [0.5, 0.6) is 0 Å². The molecule has 442 valence electrons. The summed E-state index contributed by atoms with van der Waals surface area (Å²) in [5.41, 5.74) is 18.3. The first-order chi connectivity index (χ1) is 40.2. The molecule has 0 saturated carbocycles. The Bertz CT molecular complexity index is 2700. The van der Waals surface area contributed by atoms with Crippen molar-refractivity contribution in [2.45, 2.75) is 175 Å². The Labute approximate surface area is 505 Å². The molecule has 82 heavy (non-hydrogen) atoms. The number of nitrogens with zero attached hydrogens (tertiary/aromatic N) is 2. The summed E-state index contributed by atoms with van der Waals surface area (Å²) < 4.78 is 0. The molecule has 3 aliphatic carbocycles. The number of benzene rings is 4. The minimum atomic E-state index is 0.367. The maximum absolute atomic E-state index is 4.45. The molecule has 4 aromatic rings. The average molecular weight is 1100 g/mol. The fourth-order valence-electron chi connectivity index (χ4n) is 9.00. The third-order valence-electron chi connectivity index (χ3n) is 13.2. The first-order valence-electron chi connectivity index (χ1n) is 31.3. The second kappa shape index (κ2) is 48.5. The van der Waals surface area contributed by atoms with Gasteiger partial charge in [0.25, 0.3) is 0 Å². The normalized spacial score (nSPS) is 14.6. The van der Waals surface area contributed by atoms with E-state index in [0.29, 0.717) is 5.92 Å². The molecule has 4 aromatic carbocycles. The van der Waals surface area contributed by atoms with Gasteiger partial charge in [-0.3, -0.25) is 0 Å². The summed E-state index contributed by atoms with van der Waals surface area (Å²) in [5, 5.41) is 0. The SMILES string of the molecule is C=C(C)N(C/C=C\C(=C/C)c1ccccc1)C/C=C(\C/C=C(\C)C1=CC=C(c2ccccc2)CC1)N(C1=CCC(c2ccccc2)C=C1)C1=CC=C(C(/C=C\CCC)=C/C)CC1.C=CC.CC.CC.CC.CC.CC.Cc1ccccc1. The number of rotatable bonds is 19. The van der Waals surface area contributed by atoms with Gasteiger partial charge >= 0.3 is 0 Å². The van der Waals surface area contributed by atoms with E-state index in [1.54, 1.807) is 6.08 Å². The van der Waals surface area contributed by atoms with E-state index in [1.165, 1.54) is 72.8 Å². The minimum Gasteiger partial charge on any atom is -0.368 e. The predicted molar refractivity (Wildman–Crippen MR) is 374 cm³/mol. The van der Waals surface area contributed by atoms with E-state index in [4.69, 9.17) is 0 Å². The van der Waals surface area contributed by atoms with Crippen LogP contribution >= 0.6 is 0 Å². The largest absolute Gasteiger partial charge is 0.368 e. The topological polar surface area (TPSA) is 6.48 Å². The first kappa shape index (κ1) is 74.8. The summed E-state index contributed by atoms with van der Waals surface area (Å²) in [4.78, 5) is 4.97. The molecule has 0 spiro atoms. The smallest absolute Gasteiger partial charge is 0.0412 e. The third-order valence-corrected chi connectivity index (χ3v) is 13.2. The van der Waals surface area contributed by atoms with Gasteiger partial charge in [0.05, 0.1) is 0 Å². The molecule has 0 aliphatic heterocycles. The lowest BCUT2D eigenvalue weighted by atomic mass is 9.89. The second-order valence-corrected chi connectivity index (χ2v) is 18.6. The molecule has 7 rings (SSSR count). The molecule has 0 bridgehead atoms. The third kappa shape index (κ3) is 28.0. The Morgan fingerprint density at radius 2 is 1.13 bits per heavy atom. The van der Waals surface area contributed by atoms with Crippen LogP contribution < -0.4 is 0 Å². The molecule has 3 aliphatic rings. The van der Waals surface area contributed by atoms with Crippen molar-refractivity contribution in [3.8, 4) is 0 Å². The zero-order chi connectivity index (χ0) is 61.3. The van der Waals surface area contributed by atoms with Crippen molar-refractivity contribution in [3.63, 3.8) is 0 Å². The summed E-state index contributed by atoms with van der Waals surface area (Å²) in [5.74, 6) is 0.367. The second-order valence-electron chi connectivity index (χ2n) is 18.6. The van der Waals surface area contributed by atoms with Crippen LogP contribution in [-0.2, 0) is 0 Å². The van der Waals surface area contributed by atoms with Gasteiger partial charge in [-0.2, -0.15) is 0 Å². The molecule has 1 atom stereocenters. The van der Waals surface area contributed by atoms with Crippen LogP contribution in [0.4, 0.5) is 0 Å². The molecular weight excluding hydrogens is 989 g/mol. The molecule has 0 fully saturated rings. The van der Waals surface area contributed by atoms with E-state index in [9.17, 15) is 0 Å². The predicted octanol–water partition coefficient (Wildman–Crippen LogP) is 24.7. The van der Waals surface area contributed by atoms with Gasteiger partial charge in [-0.15, -0.1) is 6.58 Å². The molecule has 1 unspecified atom stereocenters. The Morgan fingerprint density at radius 1 is 0.598 bits per heavy atom. The molecule has 0 N–H and O–H groups in total. The number of unbranched alkanes of at least 4 members (excludes halogenated alkanes) is 1. The fourth-order valence-corrected chi connectivity index (χ4v) is 9.00. The van der Waals surface area contributed by atoms with Crippen molar-refractivity contribution in [1.82, 2.24) is 9.80 Å². The molecule has 0 heterocycles. The van der Waals surface area contributed by atoms with Gasteiger partial charge in [-0.1, -0.05) is 301 Å². The maximum atomic E-state index is 4.45. The van der Waals surface area contributed by atoms with Gasteiger partial charge in [0.15, 0.2) is 0 Å². The highest BCUT2D eigenvalue weighted by Gasteiger charge is 2.23. The number of hydrogen-bond donors (Lipinski definition) is 0. The van der Waals surface area contributed by atoms with Gasteiger partial charge in [-0.25, -0.2) is 0 Å². The number of aryl methyl sites for hydroxylation is 1. The highest BCUT2D eigenvalue weighted by atomic mass is 15.2. The zero-order valence-electron chi connectivity index (χ0n) is 54.7. The standard InChI is InChI=1S/C60H68N2.C7H8.C3H6.5C2H6/c1-7-10-14-22-49(8-2)55-35-40-58(41-36-55)62(59-42-37-57(38-43-59)54-27-19-13-20-28-54)60(39-30-48(6)51-31-33-56(34-32-51)53-25-17-12-18-26-53)44-46-61(47(4)5)45-21-29-50(9-3)52-23-15-11-16-24-52;1-7-5-3-2-4-6-7;1-3-2;5*1-2/h8-9,11-31,33,35,37,40,42-44,57H,4,7,10,32,34,36,38-39,41,45-46H2,1-3,5-6H3;2-6H,1H3;3H,1H2,2H3;5*1-2H3/b22-14-,29-21-,48-30+,49-8+,50-9+,60-44+;;;;;;;. The molecule has 2 nitrogen and oxygen atoms in total. The van der Waals surface area contributed by atoms with Gasteiger partial charge in [-0.05, 0) is 143 Å². The Hall–Kier alpha value is -7.16. The summed E-state index contributed by atoms with van der Waals surface area (Å²) in [7, 11) is 0. The van der Waals surface area contributed by atoms with Crippen LogP contribution in [-0.4, -0.2) is 22.9 Å². The van der Waals surface area contributed by atoms with Crippen molar-refractivity contribution in [2.24, 2.45) is 0 Å². The van der Waals surface area contributed by atoms with Gasteiger partial charge in [0, 0.05) is 48.2 Å². The van der Waals surface area contributed by atoms with Crippen molar-refractivity contribution in [3.05, 3.63) is 299 Å². The van der Waals surface area contributed by atoms with E-state index < -0.39 is 0 Å². The van der Waals surface area contributed by atoms with E-state index >= 15 is 0 Å². The van der Waals surface area contributed by atoms with E-state index in [1.807, 2.05) is 94.4 Å². The van der Waals surface area contributed by atoms with Crippen LogP contribution in [0.3, 0.4) is 0 Å². The van der Waals surface area contributed by atoms with Crippen LogP contribution in [0, 0.1) is 6.92 Å². The van der Waals surface area contributed by atoms with E-state index in [0.717, 1.165) is 70.2 Å². The van der Waals surface area contributed by atoms with E-state index in [2.05, 4.69) is 259 Å². The van der Waals surface area contributed by atoms with Gasteiger partial charge in [0.2, 0.25) is 0 Å². The van der Waals surface area contributed by atoms with Gasteiger partial charge in [0.1, 0.15) is 0 Å². The average Bonchev–Trinajstić information content (AvgIpc) is 3.66. The van der Waals surface area contributed by atoms with Gasteiger partial charge < -0.3 is 9.80 Å². The van der Waals surface area contributed by atoms with Crippen molar-refractivity contribution < 1.29 is 0 Å². The quantitative estimate of drug-likeness (QED) is 0.0682. The molecule has 0 saturated heterocycles. The summed E-state index contributed by atoms with van der Waals surface area (Å²) in [6.07, 6.45) is 45.1. The highest BCUT2D eigenvalue weighted by molar-refractivity contribution is 5.73. The Kier molecular flexibility index (Phi) is 44.3. The Morgan fingerprint density at radius 3 is 1.61 bits per heavy atom. The summed E-state index contributed by atoms with van der Waals surface area (Å²) >= 11 is 0. The molecule has 0 aromatic heterocycles. The minimum absolute atomic E-state index is 0.367. The van der Waals surface area contributed by atoms with Crippen molar-refractivity contribution in [1.29, 1.82) is 0 Å². The lowest BCUT2D eigenvalue weighted by molar-refractivity contribution is 0.415. The Balaban J connectivity index is 0.00000286. The monoisotopic (exact) mass is 1100 g/mol. The molecule has 2 heteroatoms. The van der Waals surface area contributed by atoms with Crippen LogP contribution in [0.1, 0.15) is 190 Å². The number of hydrogen-bond acceptors (Lipinski definition) is 2. The fraction of sp³-hybridized carbons (Fsp3) is 0.350. The van der Waals surface area contributed by atoms with Crippen LogP contribution in [0.15, 0.2) is 277 Å². The van der Waals surface area contributed by atoms with Crippen molar-refractivity contribution in [2.75, 3.05) is 13.1 Å². The van der Waals surface area contributed by atoms with E-state index in [-0.39, 0.29) is 0 Å². The van der Waals surface area contributed by atoms with Crippen LogP contribution in [0.25, 0.3) is 11.1 Å². The lowest BCUT2D eigenvalue weighted by Gasteiger charge is -2.35. The molecule has 0 amide bonds. The molecule has 0 radical (unpaired) electrons. The zero-order valence-corrected chi connectivity index (χ0v) is 54.7. The van der Waals surface area contributed by atoms with Crippen LogP contribution in [0.2, 0.25) is 0 Å². The van der Waals surface area contributed by atoms with Crippen molar-refractivity contribution >= 4 is 11.1 Å². The maximum Gasteiger partial charge on any atom is 0.0412 e. The molecular formula is C80H112N2. The highest BCUT2D eigenvalue weighted by Crippen LogP contribution is 2.37. The summed E-state index contributed by atoms with van der Waals surface area (Å²) in [6.45, 7) is 44.3. The summed E-state index contributed by atoms with van der Waals surface area (Å²) in [6, 6.07) is 42.6.